The van der Waals surface area contributed by atoms with Gasteiger partial charge in [-0.05, 0) is 12.1 Å². The van der Waals surface area contributed by atoms with E-state index in [4.69, 9.17) is 9.47 Å². The highest BCUT2D eigenvalue weighted by Gasteiger charge is 2.11. The van der Waals surface area contributed by atoms with Gasteiger partial charge in [0.2, 0.25) is 0 Å². The van der Waals surface area contributed by atoms with E-state index in [1.807, 2.05) is 30.3 Å². The number of hydrogen-bond donors (Lipinski definition) is 0. The first-order valence-corrected chi connectivity index (χ1v) is 5.59. The van der Waals surface area contributed by atoms with Gasteiger partial charge in [0.05, 0.1) is 16.6 Å². The summed E-state index contributed by atoms with van der Waals surface area (Å²) >= 11 is 0. The van der Waals surface area contributed by atoms with Crippen LogP contribution in [-0.2, 0) is 20.3 Å². The molecule has 0 heterocycles. The van der Waals surface area contributed by atoms with Crippen LogP contribution in [0.15, 0.2) is 35.2 Å². The van der Waals surface area contributed by atoms with Crippen molar-refractivity contribution in [1.82, 2.24) is 0 Å². The van der Waals surface area contributed by atoms with Gasteiger partial charge in [0.25, 0.3) is 0 Å². The van der Waals surface area contributed by atoms with Gasteiger partial charge >= 0.3 is 0 Å². The van der Waals surface area contributed by atoms with Gasteiger partial charge in [0.1, 0.15) is 0 Å². The fourth-order valence-corrected chi connectivity index (χ4v) is 2.20. The molecule has 0 bridgehead atoms. The van der Waals surface area contributed by atoms with Gasteiger partial charge in [-0.15, -0.1) is 0 Å². The Balaban J connectivity index is 2.59. The summed E-state index contributed by atoms with van der Waals surface area (Å²) < 4.78 is 21.7. The van der Waals surface area contributed by atoms with Crippen molar-refractivity contribution in [1.29, 1.82) is 0 Å². The molecule has 1 atom stereocenters. The molecular formula is C10H14O3S. The van der Waals surface area contributed by atoms with Crippen molar-refractivity contribution in [2.24, 2.45) is 0 Å². The Morgan fingerprint density at radius 3 is 2.29 bits per heavy atom. The molecule has 0 saturated heterocycles. The first kappa shape index (κ1) is 11.4. The molecule has 1 aromatic carbocycles. The summed E-state index contributed by atoms with van der Waals surface area (Å²) in [6.07, 6.45) is -0.406. The van der Waals surface area contributed by atoms with Crippen molar-refractivity contribution in [2.75, 3.05) is 20.0 Å². The molecule has 0 spiro atoms. The molecule has 0 aromatic heterocycles. The molecule has 1 unspecified atom stereocenters. The molecule has 0 radical (unpaired) electrons. The summed E-state index contributed by atoms with van der Waals surface area (Å²) in [5.41, 5.74) is 0. The van der Waals surface area contributed by atoms with Gasteiger partial charge in [0, 0.05) is 19.1 Å². The fourth-order valence-electron chi connectivity index (χ4n) is 1.02. The Morgan fingerprint density at radius 2 is 1.79 bits per heavy atom. The van der Waals surface area contributed by atoms with Crippen LogP contribution >= 0.6 is 0 Å². The molecule has 0 saturated carbocycles. The van der Waals surface area contributed by atoms with E-state index in [0.29, 0.717) is 5.75 Å². The SMILES string of the molecule is COC(CS(=O)c1ccccc1)OC. The number of benzene rings is 1. The predicted molar refractivity (Wildman–Crippen MR) is 55.5 cm³/mol. The zero-order valence-corrected chi connectivity index (χ0v) is 9.12. The first-order valence-electron chi connectivity index (χ1n) is 4.27. The molecule has 78 valence electrons. The summed E-state index contributed by atoms with van der Waals surface area (Å²) in [7, 11) is 2.01. The summed E-state index contributed by atoms with van der Waals surface area (Å²) in [5, 5.41) is 0. The van der Waals surface area contributed by atoms with Crippen molar-refractivity contribution >= 4 is 10.8 Å². The molecule has 0 aliphatic carbocycles. The van der Waals surface area contributed by atoms with Crippen LogP contribution in [-0.4, -0.2) is 30.5 Å². The molecule has 14 heavy (non-hydrogen) atoms. The van der Waals surface area contributed by atoms with Gasteiger partial charge in [-0.1, -0.05) is 18.2 Å². The molecule has 4 heteroatoms. The molecule has 0 aliphatic heterocycles. The molecule has 0 amide bonds. The topological polar surface area (TPSA) is 35.5 Å². The minimum atomic E-state index is -1.06. The Bertz CT molecular complexity index is 283. The maximum Gasteiger partial charge on any atom is 0.168 e. The molecule has 0 N–H and O–H groups in total. The Hall–Kier alpha value is -0.710. The van der Waals surface area contributed by atoms with E-state index in [2.05, 4.69) is 0 Å². The third-order valence-electron chi connectivity index (χ3n) is 1.82. The maximum absolute atomic E-state index is 11.7. The van der Waals surface area contributed by atoms with E-state index in [-0.39, 0.29) is 0 Å². The lowest BCUT2D eigenvalue weighted by Gasteiger charge is -2.12. The first-order chi connectivity index (χ1) is 6.77. The van der Waals surface area contributed by atoms with E-state index in [0.717, 1.165) is 4.90 Å². The lowest BCUT2D eigenvalue weighted by Crippen LogP contribution is -2.21. The minimum Gasteiger partial charge on any atom is -0.355 e. The summed E-state index contributed by atoms with van der Waals surface area (Å²) in [6.45, 7) is 0. The van der Waals surface area contributed by atoms with E-state index >= 15 is 0 Å². The fraction of sp³-hybridized carbons (Fsp3) is 0.400. The van der Waals surface area contributed by atoms with Gasteiger partial charge in [-0.3, -0.25) is 4.21 Å². The third-order valence-corrected chi connectivity index (χ3v) is 3.19. The van der Waals surface area contributed by atoms with Crippen molar-refractivity contribution in [3.63, 3.8) is 0 Å². The van der Waals surface area contributed by atoms with Crippen LogP contribution < -0.4 is 0 Å². The number of rotatable bonds is 5. The highest BCUT2D eigenvalue weighted by molar-refractivity contribution is 7.85. The van der Waals surface area contributed by atoms with Crippen LogP contribution in [0, 0.1) is 0 Å². The standard InChI is InChI=1S/C10H14O3S/c1-12-10(13-2)8-14(11)9-6-4-3-5-7-9/h3-7,10H,8H2,1-2H3. The summed E-state index contributed by atoms with van der Waals surface area (Å²) in [6, 6.07) is 9.28. The summed E-state index contributed by atoms with van der Waals surface area (Å²) in [5.74, 6) is 0.358. The monoisotopic (exact) mass is 214 g/mol. The van der Waals surface area contributed by atoms with Gasteiger partial charge < -0.3 is 9.47 Å². The second-order valence-electron chi connectivity index (χ2n) is 2.73. The van der Waals surface area contributed by atoms with Crippen LogP contribution in [0.25, 0.3) is 0 Å². The Kier molecular flexibility index (Phi) is 4.79. The van der Waals surface area contributed by atoms with Gasteiger partial charge in [-0.2, -0.15) is 0 Å². The predicted octanol–water partition coefficient (Wildman–Crippen LogP) is 1.41. The number of hydrogen-bond acceptors (Lipinski definition) is 3. The van der Waals surface area contributed by atoms with E-state index in [1.54, 1.807) is 0 Å². The summed E-state index contributed by atoms with van der Waals surface area (Å²) in [4.78, 5) is 0.798. The molecule has 3 nitrogen and oxygen atoms in total. The largest absolute Gasteiger partial charge is 0.355 e. The van der Waals surface area contributed by atoms with E-state index < -0.39 is 17.1 Å². The van der Waals surface area contributed by atoms with Crippen molar-refractivity contribution in [3.8, 4) is 0 Å². The molecule has 1 aromatic rings. The van der Waals surface area contributed by atoms with Gasteiger partial charge in [0.15, 0.2) is 6.29 Å². The number of methoxy groups -OCH3 is 2. The van der Waals surface area contributed by atoms with Crippen LogP contribution in [0.2, 0.25) is 0 Å². The van der Waals surface area contributed by atoms with Crippen LogP contribution in [0.4, 0.5) is 0 Å². The molecule has 0 fully saturated rings. The average molecular weight is 214 g/mol. The smallest absolute Gasteiger partial charge is 0.168 e. The number of ether oxygens (including phenoxy) is 2. The zero-order valence-electron chi connectivity index (χ0n) is 8.30. The molecular weight excluding hydrogens is 200 g/mol. The lowest BCUT2D eigenvalue weighted by atomic mass is 10.4. The van der Waals surface area contributed by atoms with E-state index in [9.17, 15) is 4.21 Å². The highest BCUT2D eigenvalue weighted by Crippen LogP contribution is 2.07. The average Bonchev–Trinajstić information content (AvgIpc) is 2.26. The lowest BCUT2D eigenvalue weighted by molar-refractivity contribution is -0.0847. The quantitative estimate of drug-likeness (QED) is 0.695. The molecule has 0 aliphatic rings. The third kappa shape index (κ3) is 3.21. The second-order valence-corrected chi connectivity index (χ2v) is 4.22. The van der Waals surface area contributed by atoms with Crippen molar-refractivity contribution < 1.29 is 13.7 Å². The zero-order chi connectivity index (χ0) is 10.4. The Labute approximate surface area is 86.5 Å². The maximum atomic E-state index is 11.7. The highest BCUT2D eigenvalue weighted by atomic mass is 32.2. The van der Waals surface area contributed by atoms with Crippen molar-refractivity contribution in [3.05, 3.63) is 30.3 Å². The van der Waals surface area contributed by atoms with Crippen LogP contribution in [0.1, 0.15) is 0 Å². The second kappa shape index (κ2) is 5.90. The van der Waals surface area contributed by atoms with Crippen LogP contribution in [0.3, 0.4) is 0 Å². The molecule has 1 rings (SSSR count). The Morgan fingerprint density at radius 1 is 1.21 bits per heavy atom. The van der Waals surface area contributed by atoms with E-state index in [1.165, 1.54) is 14.2 Å². The van der Waals surface area contributed by atoms with Gasteiger partial charge in [-0.25, -0.2) is 0 Å². The normalized spacial score (nSPS) is 13.1. The van der Waals surface area contributed by atoms with Crippen LogP contribution in [0.5, 0.6) is 0 Å². The van der Waals surface area contributed by atoms with Crippen molar-refractivity contribution in [2.45, 2.75) is 11.2 Å². The minimum absolute atomic E-state index is 0.358.